The summed E-state index contributed by atoms with van der Waals surface area (Å²) in [6, 6.07) is 0. The van der Waals surface area contributed by atoms with Crippen molar-refractivity contribution in [2.75, 3.05) is 11.7 Å². The fourth-order valence-corrected chi connectivity index (χ4v) is 1.73. The SMILES string of the molecule is Nn1c(CCCc2n[nH]c(=S)n2N)n[nH]c1=S. The van der Waals surface area contributed by atoms with Gasteiger partial charge in [-0.3, -0.25) is 10.2 Å². The topological polar surface area (TPSA) is 119 Å². The molecule has 0 aliphatic carbocycles. The number of nitrogen functional groups attached to an aromatic ring is 2. The molecule has 6 N–H and O–H groups in total. The molecule has 0 aromatic carbocycles. The van der Waals surface area contributed by atoms with Crippen molar-refractivity contribution >= 4 is 24.4 Å². The molecule has 0 aliphatic heterocycles. The Hall–Kier alpha value is -1.68. The molecule has 92 valence electrons. The molecule has 0 aliphatic rings. The first-order chi connectivity index (χ1) is 8.09. The van der Waals surface area contributed by atoms with Crippen LogP contribution in [0.15, 0.2) is 0 Å². The van der Waals surface area contributed by atoms with Crippen LogP contribution < -0.4 is 11.7 Å². The Kier molecular flexibility index (Phi) is 3.24. The lowest BCUT2D eigenvalue weighted by atomic mass is 10.2. The lowest BCUT2D eigenvalue weighted by Gasteiger charge is -2.00. The van der Waals surface area contributed by atoms with Gasteiger partial charge in [-0.25, -0.2) is 9.35 Å². The lowest BCUT2D eigenvalue weighted by molar-refractivity contribution is 0.698. The van der Waals surface area contributed by atoms with Gasteiger partial charge in [0, 0.05) is 12.8 Å². The van der Waals surface area contributed by atoms with E-state index in [4.69, 9.17) is 36.1 Å². The van der Waals surface area contributed by atoms with E-state index >= 15 is 0 Å². The molecule has 0 unspecified atom stereocenters. The molecule has 0 amide bonds. The molecule has 0 radical (unpaired) electrons. The smallest absolute Gasteiger partial charge is 0.214 e. The van der Waals surface area contributed by atoms with E-state index < -0.39 is 0 Å². The van der Waals surface area contributed by atoms with E-state index in [1.807, 2.05) is 0 Å². The first-order valence-electron chi connectivity index (χ1n) is 4.92. The largest absolute Gasteiger partial charge is 0.335 e. The minimum Gasteiger partial charge on any atom is -0.335 e. The van der Waals surface area contributed by atoms with Crippen LogP contribution in [0.4, 0.5) is 0 Å². The molecule has 0 saturated heterocycles. The third kappa shape index (κ3) is 2.36. The first-order valence-corrected chi connectivity index (χ1v) is 5.74. The van der Waals surface area contributed by atoms with Crippen LogP contribution in [0.1, 0.15) is 18.1 Å². The maximum absolute atomic E-state index is 5.67. The van der Waals surface area contributed by atoms with Gasteiger partial charge >= 0.3 is 0 Å². The number of H-pyrrole nitrogens is 2. The van der Waals surface area contributed by atoms with Crippen molar-refractivity contribution in [3.8, 4) is 0 Å². The molecule has 2 rings (SSSR count). The van der Waals surface area contributed by atoms with Crippen LogP contribution in [0.25, 0.3) is 0 Å². The van der Waals surface area contributed by atoms with Crippen molar-refractivity contribution in [3.63, 3.8) is 0 Å². The van der Waals surface area contributed by atoms with Gasteiger partial charge in [-0.05, 0) is 30.9 Å². The third-order valence-corrected chi connectivity index (χ3v) is 2.93. The molecular weight excluding hydrogens is 260 g/mol. The highest BCUT2D eigenvalue weighted by Gasteiger charge is 2.06. The van der Waals surface area contributed by atoms with Gasteiger partial charge in [-0.15, -0.1) is 0 Å². The Morgan fingerprint density at radius 3 is 1.65 bits per heavy atom. The summed E-state index contributed by atoms with van der Waals surface area (Å²) in [6.07, 6.45) is 2.17. The summed E-state index contributed by atoms with van der Waals surface area (Å²) >= 11 is 9.81. The first kappa shape index (κ1) is 11.8. The lowest BCUT2D eigenvalue weighted by Crippen LogP contribution is -2.15. The minimum absolute atomic E-state index is 0.404. The number of nitrogens with one attached hydrogen (secondary N) is 2. The van der Waals surface area contributed by atoms with Crippen molar-refractivity contribution < 1.29 is 0 Å². The standard InChI is InChI=1S/C7H12N8S2/c8-14-4(10-12-6(14)16)2-1-3-5-11-13-7(17)15(5)9/h1-3,8-9H2,(H,12,16)(H,13,17). The minimum atomic E-state index is 0.404. The average molecular weight is 272 g/mol. The highest BCUT2D eigenvalue weighted by atomic mass is 32.1. The summed E-state index contributed by atoms with van der Waals surface area (Å²) in [4.78, 5) is 0. The Bertz CT molecular complexity index is 562. The van der Waals surface area contributed by atoms with Gasteiger partial charge in [0.05, 0.1) is 0 Å². The van der Waals surface area contributed by atoms with Crippen molar-refractivity contribution in [1.82, 2.24) is 29.7 Å². The van der Waals surface area contributed by atoms with Crippen LogP contribution in [0.2, 0.25) is 0 Å². The zero-order valence-electron chi connectivity index (χ0n) is 8.88. The predicted molar refractivity (Wildman–Crippen MR) is 67.1 cm³/mol. The van der Waals surface area contributed by atoms with Crippen LogP contribution in [-0.2, 0) is 12.8 Å². The Morgan fingerprint density at radius 1 is 0.941 bits per heavy atom. The summed E-state index contributed by atoms with van der Waals surface area (Å²) < 4.78 is 3.52. The summed E-state index contributed by atoms with van der Waals surface area (Å²) in [7, 11) is 0. The van der Waals surface area contributed by atoms with Gasteiger partial charge < -0.3 is 11.7 Å². The van der Waals surface area contributed by atoms with Gasteiger partial charge in [0.2, 0.25) is 9.54 Å². The number of rotatable bonds is 4. The number of nitrogens with two attached hydrogens (primary N) is 2. The second kappa shape index (κ2) is 4.67. The fraction of sp³-hybridized carbons (Fsp3) is 0.429. The Labute approximate surface area is 107 Å². The number of aryl methyl sites for hydroxylation is 2. The molecule has 8 nitrogen and oxygen atoms in total. The van der Waals surface area contributed by atoms with Crippen molar-refractivity contribution in [3.05, 3.63) is 21.2 Å². The second-order valence-electron chi connectivity index (χ2n) is 3.48. The molecule has 0 spiro atoms. The van der Waals surface area contributed by atoms with E-state index in [-0.39, 0.29) is 0 Å². The zero-order valence-corrected chi connectivity index (χ0v) is 10.5. The predicted octanol–water partition coefficient (Wildman–Crippen LogP) is -0.202. The van der Waals surface area contributed by atoms with E-state index in [0.29, 0.717) is 34.0 Å². The molecule has 0 fully saturated rings. The van der Waals surface area contributed by atoms with Crippen molar-refractivity contribution in [2.45, 2.75) is 19.3 Å². The van der Waals surface area contributed by atoms with Crippen LogP contribution in [0, 0.1) is 9.54 Å². The highest BCUT2D eigenvalue weighted by molar-refractivity contribution is 7.71. The number of aromatic amines is 2. The summed E-state index contributed by atoms with van der Waals surface area (Å²) in [5.74, 6) is 12.7. The van der Waals surface area contributed by atoms with Gasteiger partial charge in [0.15, 0.2) is 11.6 Å². The van der Waals surface area contributed by atoms with E-state index in [0.717, 1.165) is 6.42 Å². The maximum atomic E-state index is 5.67. The van der Waals surface area contributed by atoms with Crippen molar-refractivity contribution in [2.24, 2.45) is 0 Å². The summed E-state index contributed by atoms with van der Waals surface area (Å²) in [6.45, 7) is 0. The quantitative estimate of drug-likeness (QED) is 0.452. The number of nitrogens with zero attached hydrogens (tertiary/aromatic N) is 4. The van der Waals surface area contributed by atoms with Crippen LogP contribution in [0.3, 0.4) is 0 Å². The van der Waals surface area contributed by atoms with Crippen LogP contribution in [-0.4, -0.2) is 29.7 Å². The molecule has 17 heavy (non-hydrogen) atoms. The van der Waals surface area contributed by atoms with Gasteiger partial charge in [-0.1, -0.05) is 0 Å². The molecule has 10 heteroatoms. The molecule has 2 aromatic rings. The van der Waals surface area contributed by atoms with E-state index in [1.165, 1.54) is 9.35 Å². The number of hydrogen-bond acceptors (Lipinski definition) is 6. The monoisotopic (exact) mass is 272 g/mol. The third-order valence-electron chi connectivity index (χ3n) is 2.36. The molecule has 2 aromatic heterocycles. The number of hydrogen-bond donors (Lipinski definition) is 4. The van der Waals surface area contributed by atoms with E-state index in [2.05, 4.69) is 20.4 Å². The zero-order chi connectivity index (χ0) is 12.4. The average Bonchev–Trinajstić information content (AvgIpc) is 2.79. The van der Waals surface area contributed by atoms with Crippen LogP contribution >= 0.6 is 24.4 Å². The maximum Gasteiger partial charge on any atom is 0.214 e. The molecular formula is C7H12N8S2. The van der Waals surface area contributed by atoms with E-state index in [1.54, 1.807) is 0 Å². The van der Waals surface area contributed by atoms with Gasteiger partial charge in [0.1, 0.15) is 0 Å². The molecule has 0 bridgehead atoms. The Morgan fingerprint density at radius 2 is 1.35 bits per heavy atom. The fourth-order valence-electron chi connectivity index (χ4n) is 1.43. The second-order valence-corrected chi connectivity index (χ2v) is 4.26. The normalized spacial score (nSPS) is 10.8. The Balaban J connectivity index is 1.96. The van der Waals surface area contributed by atoms with Crippen LogP contribution in [0.5, 0.6) is 0 Å². The number of aromatic nitrogens is 6. The summed E-state index contributed by atoms with van der Waals surface area (Å²) in [5.41, 5.74) is 0. The van der Waals surface area contributed by atoms with Crippen molar-refractivity contribution in [1.29, 1.82) is 0 Å². The van der Waals surface area contributed by atoms with E-state index in [9.17, 15) is 0 Å². The molecule has 0 atom stereocenters. The molecule has 0 saturated carbocycles. The summed E-state index contributed by atoms with van der Waals surface area (Å²) in [5, 5.41) is 13.3. The molecule has 2 heterocycles. The highest BCUT2D eigenvalue weighted by Crippen LogP contribution is 2.02. The van der Waals surface area contributed by atoms with Gasteiger partial charge in [0.25, 0.3) is 0 Å². The van der Waals surface area contributed by atoms with Gasteiger partial charge in [-0.2, -0.15) is 10.2 Å².